The number of carbonyl (C=O) groups is 1. The zero-order valence-electron chi connectivity index (χ0n) is 11.2. The SMILES string of the molecule is COCC(NC(=O)CC(O)c1ccccc1)C1CC1. The fourth-order valence-corrected chi connectivity index (χ4v) is 2.21. The third-order valence-corrected chi connectivity index (χ3v) is 3.45. The van der Waals surface area contributed by atoms with Crippen LogP contribution in [0.3, 0.4) is 0 Å². The molecular weight excluding hydrogens is 242 g/mol. The van der Waals surface area contributed by atoms with Gasteiger partial charge in [0.2, 0.25) is 5.91 Å². The molecular formula is C15H21NO3. The van der Waals surface area contributed by atoms with Crippen molar-refractivity contribution in [3.63, 3.8) is 0 Å². The normalized spacial score (nSPS) is 17.8. The van der Waals surface area contributed by atoms with Crippen LogP contribution in [0.25, 0.3) is 0 Å². The monoisotopic (exact) mass is 263 g/mol. The summed E-state index contributed by atoms with van der Waals surface area (Å²) in [5.74, 6) is 0.420. The van der Waals surface area contributed by atoms with E-state index in [1.165, 1.54) is 0 Å². The van der Waals surface area contributed by atoms with Gasteiger partial charge in [0, 0.05) is 7.11 Å². The van der Waals surface area contributed by atoms with E-state index in [-0.39, 0.29) is 18.4 Å². The molecule has 1 aromatic carbocycles. The van der Waals surface area contributed by atoms with Crippen LogP contribution >= 0.6 is 0 Å². The molecule has 0 saturated heterocycles. The third-order valence-electron chi connectivity index (χ3n) is 3.45. The van der Waals surface area contributed by atoms with Crippen LogP contribution in [0, 0.1) is 5.92 Å². The minimum Gasteiger partial charge on any atom is -0.388 e. The molecule has 0 bridgehead atoms. The van der Waals surface area contributed by atoms with E-state index in [1.807, 2.05) is 30.3 Å². The van der Waals surface area contributed by atoms with Crippen molar-refractivity contribution in [2.45, 2.75) is 31.4 Å². The number of aliphatic hydroxyl groups excluding tert-OH is 1. The summed E-state index contributed by atoms with van der Waals surface area (Å²) in [6, 6.07) is 9.33. The topological polar surface area (TPSA) is 58.6 Å². The molecule has 0 spiro atoms. The van der Waals surface area contributed by atoms with Gasteiger partial charge in [-0.25, -0.2) is 0 Å². The summed E-state index contributed by atoms with van der Waals surface area (Å²) in [7, 11) is 1.64. The number of amides is 1. The van der Waals surface area contributed by atoms with Crippen LogP contribution < -0.4 is 5.32 Å². The van der Waals surface area contributed by atoms with E-state index in [0.717, 1.165) is 18.4 Å². The number of benzene rings is 1. The molecule has 0 aromatic heterocycles. The summed E-state index contributed by atoms with van der Waals surface area (Å²) >= 11 is 0. The van der Waals surface area contributed by atoms with E-state index in [2.05, 4.69) is 5.32 Å². The first kappa shape index (κ1) is 14.0. The molecule has 19 heavy (non-hydrogen) atoms. The van der Waals surface area contributed by atoms with Crippen molar-refractivity contribution in [2.24, 2.45) is 5.92 Å². The summed E-state index contributed by atoms with van der Waals surface area (Å²) in [6.45, 7) is 0.540. The Balaban J connectivity index is 1.83. The summed E-state index contributed by atoms with van der Waals surface area (Å²) in [6.07, 6.45) is 1.64. The molecule has 0 aliphatic heterocycles. The largest absolute Gasteiger partial charge is 0.388 e. The van der Waals surface area contributed by atoms with Crippen molar-refractivity contribution in [3.8, 4) is 0 Å². The fourth-order valence-electron chi connectivity index (χ4n) is 2.21. The second-order valence-electron chi connectivity index (χ2n) is 5.10. The Bertz CT molecular complexity index is 403. The van der Waals surface area contributed by atoms with Crippen molar-refractivity contribution >= 4 is 5.91 Å². The first-order chi connectivity index (χ1) is 9.20. The smallest absolute Gasteiger partial charge is 0.223 e. The Morgan fingerprint density at radius 2 is 2.11 bits per heavy atom. The van der Waals surface area contributed by atoms with Gasteiger partial charge < -0.3 is 15.2 Å². The number of hydrogen-bond donors (Lipinski definition) is 2. The highest BCUT2D eigenvalue weighted by Crippen LogP contribution is 2.32. The molecule has 2 atom stereocenters. The molecule has 0 heterocycles. The maximum absolute atomic E-state index is 11.9. The molecule has 2 N–H and O–H groups in total. The van der Waals surface area contributed by atoms with Crippen molar-refractivity contribution < 1.29 is 14.6 Å². The maximum atomic E-state index is 11.9. The first-order valence-corrected chi connectivity index (χ1v) is 6.72. The van der Waals surface area contributed by atoms with Gasteiger partial charge in [0.1, 0.15) is 0 Å². The molecule has 0 radical (unpaired) electrons. The predicted molar refractivity (Wildman–Crippen MR) is 72.5 cm³/mol. The van der Waals surface area contributed by atoms with E-state index < -0.39 is 6.10 Å². The molecule has 1 saturated carbocycles. The molecule has 104 valence electrons. The number of ether oxygens (including phenoxy) is 1. The molecule has 1 aromatic rings. The van der Waals surface area contributed by atoms with Gasteiger partial charge in [-0.1, -0.05) is 30.3 Å². The van der Waals surface area contributed by atoms with E-state index >= 15 is 0 Å². The van der Waals surface area contributed by atoms with Crippen LogP contribution in [0.15, 0.2) is 30.3 Å². The van der Waals surface area contributed by atoms with Crippen molar-refractivity contribution in [1.29, 1.82) is 0 Å². The first-order valence-electron chi connectivity index (χ1n) is 6.72. The Labute approximate surface area is 113 Å². The second-order valence-corrected chi connectivity index (χ2v) is 5.10. The van der Waals surface area contributed by atoms with Gasteiger partial charge in [-0.3, -0.25) is 4.79 Å². The number of nitrogens with one attached hydrogen (secondary N) is 1. The molecule has 2 rings (SSSR count). The highest BCUT2D eigenvalue weighted by Gasteiger charge is 2.32. The fraction of sp³-hybridized carbons (Fsp3) is 0.533. The lowest BCUT2D eigenvalue weighted by Gasteiger charge is -2.18. The van der Waals surface area contributed by atoms with Gasteiger partial charge in [-0.05, 0) is 24.3 Å². The van der Waals surface area contributed by atoms with Gasteiger partial charge in [0.15, 0.2) is 0 Å². The van der Waals surface area contributed by atoms with Crippen LogP contribution in [0.2, 0.25) is 0 Å². The number of methoxy groups -OCH3 is 1. The Morgan fingerprint density at radius 3 is 2.68 bits per heavy atom. The molecule has 4 heteroatoms. The van der Waals surface area contributed by atoms with Crippen LogP contribution in [0.4, 0.5) is 0 Å². The summed E-state index contributed by atoms with van der Waals surface area (Å²) in [4.78, 5) is 11.9. The minimum atomic E-state index is -0.747. The van der Waals surface area contributed by atoms with Crippen molar-refractivity contribution in [1.82, 2.24) is 5.32 Å². The Kier molecular flexibility index (Phi) is 4.93. The number of aliphatic hydroxyl groups is 1. The van der Waals surface area contributed by atoms with Gasteiger partial charge in [-0.15, -0.1) is 0 Å². The van der Waals surface area contributed by atoms with Crippen molar-refractivity contribution in [2.75, 3.05) is 13.7 Å². The minimum absolute atomic E-state index is 0.0838. The van der Waals surface area contributed by atoms with E-state index in [0.29, 0.717) is 12.5 Å². The summed E-state index contributed by atoms with van der Waals surface area (Å²) in [5.41, 5.74) is 0.771. The van der Waals surface area contributed by atoms with E-state index in [4.69, 9.17) is 4.74 Å². The summed E-state index contributed by atoms with van der Waals surface area (Å²) in [5, 5.41) is 13.0. The van der Waals surface area contributed by atoms with E-state index in [1.54, 1.807) is 7.11 Å². The van der Waals surface area contributed by atoms with E-state index in [9.17, 15) is 9.90 Å². The summed E-state index contributed by atoms with van der Waals surface area (Å²) < 4.78 is 5.12. The molecule has 2 unspecified atom stereocenters. The number of carbonyl (C=O) groups excluding carboxylic acids is 1. The molecule has 1 aliphatic rings. The third kappa shape index (κ3) is 4.33. The zero-order valence-corrected chi connectivity index (χ0v) is 11.2. The highest BCUT2D eigenvalue weighted by molar-refractivity contribution is 5.77. The highest BCUT2D eigenvalue weighted by atomic mass is 16.5. The van der Waals surface area contributed by atoms with Gasteiger partial charge in [0.25, 0.3) is 0 Å². The Hall–Kier alpha value is -1.39. The molecule has 1 amide bonds. The number of rotatable bonds is 7. The Morgan fingerprint density at radius 1 is 1.42 bits per heavy atom. The maximum Gasteiger partial charge on any atom is 0.223 e. The van der Waals surface area contributed by atoms with Gasteiger partial charge in [-0.2, -0.15) is 0 Å². The number of hydrogen-bond acceptors (Lipinski definition) is 3. The zero-order chi connectivity index (χ0) is 13.7. The van der Waals surface area contributed by atoms with Crippen LogP contribution in [0.1, 0.15) is 30.9 Å². The van der Waals surface area contributed by atoms with Crippen LogP contribution in [0.5, 0.6) is 0 Å². The predicted octanol–water partition coefficient (Wildman–Crippen LogP) is 1.65. The van der Waals surface area contributed by atoms with Crippen molar-refractivity contribution in [3.05, 3.63) is 35.9 Å². The van der Waals surface area contributed by atoms with Crippen LogP contribution in [-0.2, 0) is 9.53 Å². The molecule has 4 nitrogen and oxygen atoms in total. The lowest BCUT2D eigenvalue weighted by Crippen LogP contribution is -2.40. The van der Waals surface area contributed by atoms with Crippen LogP contribution in [-0.4, -0.2) is 30.8 Å². The van der Waals surface area contributed by atoms with Gasteiger partial charge in [0.05, 0.1) is 25.2 Å². The lowest BCUT2D eigenvalue weighted by molar-refractivity contribution is -0.124. The molecule has 1 fully saturated rings. The van der Waals surface area contributed by atoms with Gasteiger partial charge >= 0.3 is 0 Å². The molecule has 1 aliphatic carbocycles. The average Bonchev–Trinajstić information content (AvgIpc) is 3.23. The quantitative estimate of drug-likeness (QED) is 0.786. The standard InChI is InChI=1S/C15H21NO3/c1-19-10-13(11-7-8-11)16-15(18)9-14(17)12-5-3-2-4-6-12/h2-6,11,13-14,17H,7-10H2,1H3,(H,16,18). The average molecular weight is 263 g/mol. The second kappa shape index (κ2) is 6.68. The lowest BCUT2D eigenvalue weighted by atomic mass is 10.1.